The summed E-state index contributed by atoms with van der Waals surface area (Å²) in [6.07, 6.45) is 0. The van der Waals surface area contributed by atoms with Crippen molar-refractivity contribution in [2.75, 3.05) is 17.9 Å². The minimum absolute atomic E-state index is 0.0609. The Labute approximate surface area is 239 Å². The first-order valence-electron chi connectivity index (χ1n) is 12.7. The molecule has 1 aliphatic rings. The molecule has 2 amide bonds. The normalized spacial score (nSPS) is 12.6. The molecule has 0 saturated carbocycles. The fraction of sp³-hybridized carbons (Fsp3) is 0.200. The molecule has 11 heteroatoms. The number of aryl methyl sites for hydroxylation is 2. The van der Waals surface area contributed by atoms with Crippen molar-refractivity contribution in [1.29, 1.82) is 0 Å². The predicted molar refractivity (Wildman–Crippen MR) is 150 cm³/mol. The van der Waals surface area contributed by atoms with Crippen molar-refractivity contribution in [1.82, 2.24) is 14.9 Å². The van der Waals surface area contributed by atoms with Crippen LogP contribution in [0.15, 0.2) is 78.0 Å². The number of carbonyl (C=O) groups is 2. The van der Waals surface area contributed by atoms with Crippen molar-refractivity contribution in [2.24, 2.45) is 0 Å². The van der Waals surface area contributed by atoms with Gasteiger partial charge in [0.2, 0.25) is 12.7 Å². The van der Waals surface area contributed by atoms with E-state index in [1.807, 2.05) is 19.9 Å². The van der Waals surface area contributed by atoms with Crippen molar-refractivity contribution < 1.29 is 27.8 Å². The second-order valence-electron chi connectivity index (χ2n) is 9.35. The fourth-order valence-electron chi connectivity index (χ4n) is 4.44. The average Bonchev–Trinajstić information content (AvgIpc) is 3.40. The summed E-state index contributed by atoms with van der Waals surface area (Å²) >= 11 is 1.10. The molecule has 2 heterocycles. The van der Waals surface area contributed by atoms with E-state index in [0.717, 1.165) is 23.1 Å². The highest BCUT2D eigenvalue weighted by atomic mass is 32.2. The molecule has 41 heavy (non-hydrogen) atoms. The van der Waals surface area contributed by atoms with Crippen LogP contribution in [0, 0.1) is 25.5 Å². The number of ether oxygens (including phenoxy) is 2. The second kappa shape index (κ2) is 12.3. The highest BCUT2D eigenvalue weighted by molar-refractivity contribution is 7.99. The minimum atomic E-state index is -1.30. The highest BCUT2D eigenvalue weighted by Gasteiger charge is 2.33. The maximum atomic E-state index is 14.8. The van der Waals surface area contributed by atoms with E-state index < -0.39 is 29.5 Å². The molecule has 5 rings (SSSR count). The van der Waals surface area contributed by atoms with E-state index in [2.05, 4.69) is 15.3 Å². The molecule has 1 aromatic heterocycles. The number of thioether (sulfide) groups is 1. The Hall–Kier alpha value is -4.51. The summed E-state index contributed by atoms with van der Waals surface area (Å²) in [4.78, 5) is 37.7. The van der Waals surface area contributed by atoms with Crippen LogP contribution >= 0.6 is 11.8 Å². The lowest BCUT2D eigenvalue weighted by Gasteiger charge is -2.31. The van der Waals surface area contributed by atoms with Gasteiger partial charge in [-0.3, -0.25) is 9.59 Å². The van der Waals surface area contributed by atoms with Gasteiger partial charge in [-0.2, -0.15) is 0 Å². The van der Waals surface area contributed by atoms with Gasteiger partial charge in [0.25, 0.3) is 5.91 Å². The zero-order chi connectivity index (χ0) is 28.9. The summed E-state index contributed by atoms with van der Waals surface area (Å²) in [6, 6.07) is 16.8. The molecule has 0 aliphatic carbocycles. The molecule has 0 fully saturated rings. The maximum Gasteiger partial charge on any atom is 0.251 e. The lowest BCUT2D eigenvalue weighted by Crippen LogP contribution is -2.42. The molecule has 1 unspecified atom stereocenters. The van der Waals surface area contributed by atoms with Gasteiger partial charge in [-0.15, -0.1) is 0 Å². The third-order valence-corrected chi connectivity index (χ3v) is 7.10. The van der Waals surface area contributed by atoms with E-state index in [4.69, 9.17) is 9.47 Å². The smallest absolute Gasteiger partial charge is 0.251 e. The van der Waals surface area contributed by atoms with Crippen LogP contribution in [0.1, 0.15) is 28.6 Å². The fourth-order valence-corrected chi connectivity index (χ4v) is 5.27. The van der Waals surface area contributed by atoms with E-state index in [9.17, 15) is 18.4 Å². The SMILES string of the molecule is Cc1cc(C)nc(SCC(=O)N(Cc2ccccc2F)C(C(=O)Nc2ccc3c(c2)OCO3)c2cccc(F)c2)n1. The number of aromatic nitrogens is 2. The van der Waals surface area contributed by atoms with Crippen LogP contribution in [-0.4, -0.2) is 39.2 Å². The number of rotatable bonds is 9. The lowest BCUT2D eigenvalue weighted by molar-refractivity contribution is -0.137. The molecule has 1 N–H and O–H groups in total. The number of halogens is 2. The Kier molecular flexibility index (Phi) is 8.44. The molecule has 0 bridgehead atoms. The first-order valence-corrected chi connectivity index (χ1v) is 13.7. The molecule has 1 aliphatic heterocycles. The number of benzene rings is 3. The molecular formula is C30H26F2N4O4S. The number of nitrogens with zero attached hydrogens (tertiary/aromatic N) is 3. The standard InChI is InChI=1S/C30H26F2N4O4S/c1-18-12-19(2)34-30(33-18)41-16-27(37)36(15-21-6-3-4-9-24(21)32)28(20-7-5-8-22(31)13-20)29(38)35-23-10-11-25-26(14-23)40-17-39-25/h3-14,28H,15-17H2,1-2H3,(H,35,38). The van der Waals surface area contributed by atoms with Crippen molar-refractivity contribution >= 4 is 29.3 Å². The Bertz CT molecular complexity index is 1580. The predicted octanol–water partition coefficient (Wildman–Crippen LogP) is 5.60. The Morgan fingerprint density at radius 1 is 0.951 bits per heavy atom. The van der Waals surface area contributed by atoms with Gasteiger partial charge in [0.15, 0.2) is 16.7 Å². The first-order chi connectivity index (χ1) is 19.8. The Morgan fingerprint density at radius 2 is 1.71 bits per heavy atom. The number of anilines is 1. The Balaban J connectivity index is 1.50. The molecule has 1 atom stereocenters. The molecule has 8 nitrogen and oxygen atoms in total. The van der Waals surface area contributed by atoms with Gasteiger partial charge < -0.3 is 19.7 Å². The first kappa shape index (κ1) is 28.0. The summed E-state index contributed by atoms with van der Waals surface area (Å²) in [6.45, 7) is 3.47. The third kappa shape index (κ3) is 6.80. The van der Waals surface area contributed by atoms with E-state index in [0.29, 0.717) is 22.3 Å². The number of fused-ring (bicyclic) bond motifs is 1. The molecule has 3 aromatic carbocycles. The van der Waals surface area contributed by atoms with E-state index in [1.54, 1.807) is 30.3 Å². The van der Waals surface area contributed by atoms with Crippen molar-refractivity contribution in [3.8, 4) is 11.5 Å². The number of nitrogens with one attached hydrogen (secondary N) is 1. The molecule has 0 radical (unpaired) electrons. The number of carbonyl (C=O) groups excluding carboxylic acids is 2. The van der Waals surface area contributed by atoms with Crippen LogP contribution in [0.5, 0.6) is 11.5 Å². The topological polar surface area (TPSA) is 93.7 Å². The van der Waals surface area contributed by atoms with Gasteiger partial charge in [-0.05, 0) is 55.8 Å². The lowest BCUT2D eigenvalue weighted by atomic mass is 10.0. The van der Waals surface area contributed by atoms with Gasteiger partial charge in [-0.25, -0.2) is 18.7 Å². The number of hydrogen-bond acceptors (Lipinski definition) is 7. The largest absolute Gasteiger partial charge is 0.454 e. The number of amides is 2. The molecule has 0 spiro atoms. The average molecular weight is 577 g/mol. The summed E-state index contributed by atoms with van der Waals surface area (Å²) in [7, 11) is 0. The molecule has 210 valence electrons. The van der Waals surface area contributed by atoms with E-state index in [-0.39, 0.29) is 30.2 Å². The zero-order valence-corrected chi connectivity index (χ0v) is 23.1. The van der Waals surface area contributed by atoms with Crippen molar-refractivity contribution in [3.63, 3.8) is 0 Å². The van der Waals surface area contributed by atoms with E-state index in [1.165, 1.54) is 41.3 Å². The van der Waals surface area contributed by atoms with Crippen molar-refractivity contribution in [3.05, 3.63) is 107 Å². The molecule has 4 aromatic rings. The second-order valence-corrected chi connectivity index (χ2v) is 10.3. The highest BCUT2D eigenvalue weighted by Crippen LogP contribution is 2.35. The van der Waals surface area contributed by atoms with Gasteiger partial charge in [0, 0.05) is 35.2 Å². The Morgan fingerprint density at radius 3 is 2.46 bits per heavy atom. The van der Waals surface area contributed by atoms with Gasteiger partial charge in [0.05, 0.1) is 5.75 Å². The van der Waals surface area contributed by atoms with Crippen LogP contribution < -0.4 is 14.8 Å². The van der Waals surface area contributed by atoms with Crippen LogP contribution in [0.2, 0.25) is 0 Å². The van der Waals surface area contributed by atoms with Gasteiger partial charge in [-0.1, -0.05) is 42.1 Å². The summed E-state index contributed by atoms with van der Waals surface area (Å²) in [5.74, 6) is -1.38. The van der Waals surface area contributed by atoms with Gasteiger partial charge in [0.1, 0.15) is 17.7 Å². The quantitative estimate of drug-likeness (QED) is 0.205. The summed E-state index contributed by atoms with van der Waals surface area (Å²) in [5, 5.41) is 3.20. The zero-order valence-electron chi connectivity index (χ0n) is 22.3. The van der Waals surface area contributed by atoms with Crippen molar-refractivity contribution in [2.45, 2.75) is 31.6 Å². The summed E-state index contributed by atoms with van der Waals surface area (Å²) in [5.41, 5.74) is 2.30. The van der Waals surface area contributed by atoms with E-state index >= 15 is 0 Å². The van der Waals surface area contributed by atoms with Crippen LogP contribution in [0.3, 0.4) is 0 Å². The van der Waals surface area contributed by atoms with Crippen LogP contribution in [0.25, 0.3) is 0 Å². The minimum Gasteiger partial charge on any atom is -0.454 e. The van der Waals surface area contributed by atoms with Crippen LogP contribution in [-0.2, 0) is 16.1 Å². The number of hydrogen-bond donors (Lipinski definition) is 1. The molecule has 0 saturated heterocycles. The molecular weight excluding hydrogens is 550 g/mol. The third-order valence-electron chi connectivity index (χ3n) is 6.27. The maximum absolute atomic E-state index is 14.8. The monoisotopic (exact) mass is 576 g/mol. The van der Waals surface area contributed by atoms with Crippen LogP contribution in [0.4, 0.5) is 14.5 Å². The summed E-state index contributed by atoms with van der Waals surface area (Å²) < 4.78 is 40.0. The van der Waals surface area contributed by atoms with Gasteiger partial charge >= 0.3 is 0 Å².